The molecule has 0 aliphatic carbocycles. The number of anilines is 1. The van der Waals surface area contributed by atoms with E-state index < -0.39 is 5.60 Å². The Hall–Kier alpha value is -3.91. The predicted octanol–water partition coefficient (Wildman–Crippen LogP) is 4.18. The number of nitrogens with one attached hydrogen (secondary N) is 2. The molecule has 5 rings (SSSR count). The Bertz CT molecular complexity index is 1520. The third-order valence-electron chi connectivity index (χ3n) is 6.52. The maximum Gasteiger partial charge on any atom is 0.323 e. The van der Waals surface area contributed by atoms with E-state index in [1.54, 1.807) is 37.2 Å². The third-order valence-corrected chi connectivity index (χ3v) is 7.54. The monoisotopic (exact) mass is 513 g/mol. The Morgan fingerprint density at radius 3 is 2.86 bits per heavy atom. The first-order valence-electron chi connectivity index (χ1n) is 12.0. The van der Waals surface area contributed by atoms with E-state index in [1.807, 2.05) is 37.3 Å². The van der Waals surface area contributed by atoms with Crippen molar-refractivity contribution >= 4 is 33.4 Å². The SMILES string of the molecule is Cc1ncnc2ccc(-c3sc(NC(=O)N4CCN[C@H](C(C)(C)O)C4)nc3-c3cccc(C#N)c3)cc12. The average Bonchev–Trinajstić information content (AvgIpc) is 3.32. The molecule has 0 spiro atoms. The third kappa shape index (κ3) is 5.15. The largest absolute Gasteiger partial charge is 0.389 e. The number of fused-ring (bicyclic) bond motifs is 1. The second-order valence-corrected chi connectivity index (χ2v) is 10.6. The number of nitrogens with zero attached hydrogens (tertiary/aromatic N) is 5. The molecular formula is C27H27N7O2S. The molecule has 1 saturated heterocycles. The van der Waals surface area contributed by atoms with Gasteiger partial charge in [-0.25, -0.2) is 19.7 Å². The number of hydrogen-bond acceptors (Lipinski definition) is 8. The van der Waals surface area contributed by atoms with Gasteiger partial charge in [-0.2, -0.15) is 5.26 Å². The zero-order chi connectivity index (χ0) is 26.2. The minimum Gasteiger partial charge on any atom is -0.389 e. The second kappa shape index (κ2) is 9.86. The van der Waals surface area contributed by atoms with Crippen molar-refractivity contribution in [3.63, 3.8) is 0 Å². The summed E-state index contributed by atoms with van der Waals surface area (Å²) in [6.45, 7) is 6.91. The molecular weight excluding hydrogens is 486 g/mol. The highest BCUT2D eigenvalue weighted by Gasteiger charge is 2.33. The molecule has 2 aromatic carbocycles. The van der Waals surface area contributed by atoms with Gasteiger partial charge in [0.05, 0.1) is 39.4 Å². The summed E-state index contributed by atoms with van der Waals surface area (Å²) in [6, 6.07) is 14.9. The van der Waals surface area contributed by atoms with Gasteiger partial charge in [0.2, 0.25) is 0 Å². The van der Waals surface area contributed by atoms with Gasteiger partial charge in [0, 0.05) is 36.3 Å². The summed E-state index contributed by atoms with van der Waals surface area (Å²) in [5.74, 6) is 0. The van der Waals surface area contributed by atoms with E-state index in [0.717, 1.165) is 32.6 Å². The molecule has 0 radical (unpaired) electrons. The summed E-state index contributed by atoms with van der Waals surface area (Å²) in [4.78, 5) is 29.2. The van der Waals surface area contributed by atoms with Gasteiger partial charge in [0.15, 0.2) is 5.13 Å². The Kier molecular flexibility index (Phi) is 6.60. The summed E-state index contributed by atoms with van der Waals surface area (Å²) >= 11 is 1.38. The van der Waals surface area contributed by atoms with E-state index in [9.17, 15) is 15.2 Å². The number of amides is 2. The minimum absolute atomic E-state index is 0.230. The van der Waals surface area contributed by atoms with Crippen LogP contribution in [-0.2, 0) is 0 Å². The summed E-state index contributed by atoms with van der Waals surface area (Å²) in [7, 11) is 0. The zero-order valence-corrected chi connectivity index (χ0v) is 21.6. The predicted molar refractivity (Wildman–Crippen MR) is 144 cm³/mol. The van der Waals surface area contributed by atoms with Crippen molar-refractivity contribution in [2.24, 2.45) is 0 Å². The minimum atomic E-state index is -0.954. The van der Waals surface area contributed by atoms with Gasteiger partial charge in [-0.15, -0.1) is 0 Å². The van der Waals surface area contributed by atoms with Crippen molar-refractivity contribution in [1.29, 1.82) is 5.26 Å². The van der Waals surface area contributed by atoms with E-state index in [-0.39, 0.29) is 12.1 Å². The number of piperazine rings is 1. The van der Waals surface area contributed by atoms with Crippen molar-refractivity contribution < 1.29 is 9.90 Å². The quantitative estimate of drug-likeness (QED) is 0.374. The molecule has 1 fully saturated rings. The van der Waals surface area contributed by atoms with Crippen LogP contribution in [0.2, 0.25) is 0 Å². The van der Waals surface area contributed by atoms with Crippen LogP contribution in [0.25, 0.3) is 32.6 Å². The highest BCUT2D eigenvalue weighted by atomic mass is 32.1. The van der Waals surface area contributed by atoms with Gasteiger partial charge in [0.25, 0.3) is 0 Å². The lowest BCUT2D eigenvalue weighted by Crippen LogP contribution is -2.60. The maximum atomic E-state index is 13.2. The number of hydrogen-bond donors (Lipinski definition) is 3. The van der Waals surface area contributed by atoms with Crippen LogP contribution in [0, 0.1) is 18.3 Å². The number of aromatic nitrogens is 3. The molecule has 37 heavy (non-hydrogen) atoms. The first-order valence-corrected chi connectivity index (χ1v) is 12.8. The van der Waals surface area contributed by atoms with Gasteiger partial charge in [-0.3, -0.25) is 5.32 Å². The molecule has 3 N–H and O–H groups in total. The Balaban J connectivity index is 1.52. The topological polar surface area (TPSA) is 127 Å². The molecule has 9 nitrogen and oxygen atoms in total. The fraction of sp³-hybridized carbons (Fsp3) is 0.296. The molecule has 2 aromatic heterocycles. The summed E-state index contributed by atoms with van der Waals surface area (Å²) in [6.07, 6.45) is 1.55. The Morgan fingerprint density at radius 2 is 2.08 bits per heavy atom. The number of thiazole rings is 1. The van der Waals surface area contributed by atoms with Gasteiger partial charge < -0.3 is 15.3 Å². The zero-order valence-electron chi connectivity index (χ0n) is 20.8. The lowest BCUT2D eigenvalue weighted by molar-refractivity contribution is 0.0174. The van der Waals surface area contributed by atoms with Gasteiger partial charge in [0.1, 0.15) is 6.33 Å². The van der Waals surface area contributed by atoms with Crippen LogP contribution in [0.3, 0.4) is 0 Å². The van der Waals surface area contributed by atoms with Crippen LogP contribution in [0.5, 0.6) is 0 Å². The van der Waals surface area contributed by atoms with E-state index in [2.05, 4.69) is 26.7 Å². The average molecular weight is 514 g/mol. The highest BCUT2D eigenvalue weighted by Crippen LogP contribution is 2.40. The van der Waals surface area contributed by atoms with E-state index in [0.29, 0.717) is 36.0 Å². The van der Waals surface area contributed by atoms with Crippen LogP contribution < -0.4 is 10.6 Å². The standard InChI is InChI=1S/C27H27N7O2S/c1-16-20-12-19(7-8-21(20)31-15-30-16)24-23(18-6-4-5-17(11-18)13-28)32-25(37-24)33-26(35)34-10-9-29-22(14-34)27(2,3)36/h4-8,11-12,15,22,29,36H,9-10,14H2,1-3H3,(H,32,33,35)/t22-/m0/s1. The Morgan fingerprint density at radius 1 is 1.24 bits per heavy atom. The van der Waals surface area contributed by atoms with Gasteiger partial charge in [-0.1, -0.05) is 29.5 Å². The van der Waals surface area contributed by atoms with E-state index in [1.165, 1.54) is 11.3 Å². The van der Waals surface area contributed by atoms with Gasteiger partial charge >= 0.3 is 6.03 Å². The lowest BCUT2D eigenvalue weighted by Gasteiger charge is -2.39. The number of carbonyl (C=O) groups excluding carboxylic acids is 1. The van der Waals surface area contributed by atoms with Crippen LogP contribution in [-0.4, -0.2) is 62.3 Å². The highest BCUT2D eigenvalue weighted by molar-refractivity contribution is 7.19. The molecule has 2 amide bonds. The van der Waals surface area contributed by atoms with Crippen molar-refractivity contribution in [3.05, 3.63) is 60.0 Å². The van der Waals surface area contributed by atoms with Crippen molar-refractivity contribution in [1.82, 2.24) is 25.2 Å². The molecule has 1 aliphatic rings. The molecule has 0 saturated carbocycles. The molecule has 188 valence electrons. The number of nitriles is 1. The first-order chi connectivity index (χ1) is 17.7. The maximum absolute atomic E-state index is 13.2. The number of aryl methyl sites for hydroxylation is 1. The van der Waals surface area contributed by atoms with Crippen molar-refractivity contribution in [2.45, 2.75) is 32.4 Å². The first kappa shape index (κ1) is 24.8. The molecule has 4 aromatic rings. The molecule has 1 aliphatic heterocycles. The number of aliphatic hydroxyl groups is 1. The molecule has 10 heteroatoms. The number of benzene rings is 2. The van der Waals surface area contributed by atoms with E-state index in [4.69, 9.17) is 4.98 Å². The summed E-state index contributed by atoms with van der Waals surface area (Å²) in [5, 5.41) is 27.4. The molecule has 3 heterocycles. The molecule has 0 unspecified atom stereocenters. The number of rotatable bonds is 4. The summed E-state index contributed by atoms with van der Waals surface area (Å²) in [5.41, 5.74) is 3.69. The number of urea groups is 1. The fourth-order valence-electron chi connectivity index (χ4n) is 4.41. The van der Waals surface area contributed by atoms with Crippen molar-refractivity contribution in [3.8, 4) is 27.8 Å². The Labute approximate surface area is 218 Å². The van der Waals surface area contributed by atoms with Crippen LogP contribution in [0.15, 0.2) is 48.8 Å². The normalized spacial score (nSPS) is 16.0. The smallest absolute Gasteiger partial charge is 0.323 e. The fourth-order valence-corrected chi connectivity index (χ4v) is 5.38. The van der Waals surface area contributed by atoms with Crippen molar-refractivity contribution in [2.75, 3.05) is 25.0 Å². The van der Waals surface area contributed by atoms with Crippen LogP contribution in [0.1, 0.15) is 25.1 Å². The van der Waals surface area contributed by atoms with Crippen LogP contribution >= 0.6 is 11.3 Å². The number of carbonyl (C=O) groups is 1. The second-order valence-electron chi connectivity index (χ2n) is 9.62. The molecule has 0 bridgehead atoms. The van der Waals surface area contributed by atoms with E-state index >= 15 is 0 Å². The van der Waals surface area contributed by atoms with Crippen LogP contribution in [0.4, 0.5) is 9.93 Å². The molecule has 1 atom stereocenters. The summed E-state index contributed by atoms with van der Waals surface area (Å²) < 4.78 is 0. The van der Waals surface area contributed by atoms with Gasteiger partial charge in [-0.05, 0) is 50.6 Å². The lowest BCUT2D eigenvalue weighted by atomic mass is 9.97.